The SMILES string of the molecule is CN(C)c1ccc(-n2cccc2/C=N/NC(=O)COc2ccc(Br)cc2)cc1. The van der Waals surface area contributed by atoms with Crippen LogP contribution in [0.4, 0.5) is 5.69 Å². The highest BCUT2D eigenvalue weighted by molar-refractivity contribution is 9.10. The highest BCUT2D eigenvalue weighted by atomic mass is 79.9. The van der Waals surface area contributed by atoms with Crippen molar-refractivity contribution in [2.45, 2.75) is 0 Å². The summed E-state index contributed by atoms with van der Waals surface area (Å²) in [5.41, 5.74) is 5.48. The van der Waals surface area contributed by atoms with Crippen LogP contribution in [0.5, 0.6) is 5.75 Å². The number of aromatic nitrogens is 1. The summed E-state index contributed by atoms with van der Waals surface area (Å²) in [5.74, 6) is 0.296. The van der Waals surface area contributed by atoms with Crippen LogP contribution >= 0.6 is 15.9 Å². The van der Waals surface area contributed by atoms with Crippen LogP contribution in [0.2, 0.25) is 0 Å². The van der Waals surface area contributed by atoms with E-state index in [1.807, 2.05) is 66.2 Å². The van der Waals surface area contributed by atoms with Crippen LogP contribution in [-0.2, 0) is 4.79 Å². The molecule has 0 bridgehead atoms. The third-order valence-corrected chi connectivity index (χ3v) is 4.52. The average Bonchev–Trinajstić information content (AvgIpc) is 3.16. The van der Waals surface area contributed by atoms with Crippen LogP contribution in [0.15, 0.2) is 76.4 Å². The van der Waals surface area contributed by atoms with Gasteiger partial charge in [0.1, 0.15) is 5.75 Å². The number of carbonyl (C=O) groups excluding carboxylic acids is 1. The summed E-state index contributed by atoms with van der Waals surface area (Å²) in [7, 11) is 4.01. The Labute approximate surface area is 172 Å². The first-order chi connectivity index (χ1) is 13.5. The van der Waals surface area contributed by atoms with Gasteiger partial charge in [-0.25, -0.2) is 5.43 Å². The molecule has 1 aromatic heterocycles. The summed E-state index contributed by atoms with van der Waals surface area (Å²) in [6.45, 7) is -0.105. The molecule has 1 N–H and O–H groups in total. The van der Waals surface area contributed by atoms with E-state index in [-0.39, 0.29) is 12.5 Å². The molecule has 3 rings (SSSR count). The molecule has 0 aliphatic heterocycles. The minimum atomic E-state index is -0.326. The third-order valence-electron chi connectivity index (χ3n) is 3.99. The molecule has 144 valence electrons. The maximum absolute atomic E-state index is 11.9. The minimum absolute atomic E-state index is 0.105. The van der Waals surface area contributed by atoms with Crippen molar-refractivity contribution in [3.8, 4) is 11.4 Å². The van der Waals surface area contributed by atoms with E-state index in [1.54, 1.807) is 18.3 Å². The van der Waals surface area contributed by atoms with E-state index < -0.39 is 0 Å². The number of rotatable bonds is 7. The molecule has 0 spiro atoms. The molecule has 0 atom stereocenters. The number of hydrogen-bond donors (Lipinski definition) is 1. The standard InChI is InChI=1S/C21H21BrN4O2/c1-25(2)17-7-9-18(10-8-17)26-13-3-4-19(26)14-23-24-21(27)15-28-20-11-5-16(22)6-12-20/h3-14H,15H2,1-2H3,(H,24,27)/b23-14+. The molecule has 0 saturated carbocycles. The molecule has 0 unspecified atom stereocenters. The number of benzene rings is 2. The normalized spacial score (nSPS) is 10.8. The van der Waals surface area contributed by atoms with Crippen LogP contribution in [0.1, 0.15) is 5.69 Å². The van der Waals surface area contributed by atoms with E-state index in [1.165, 1.54) is 0 Å². The van der Waals surface area contributed by atoms with E-state index in [9.17, 15) is 4.79 Å². The first-order valence-electron chi connectivity index (χ1n) is 8.68. The van der Waals surface area contributed by atoms with E-state index >= 15 is 0 Å². The summed E-state index contributed by atoms with van der Waals surface area (Å²) >= 11 is 3.35. The van der Waals surface area contributed by atoms with E-state index in [0.29, 0.717) is 5.75 Å². The molecule has 0 aliphatic carbocycles. The van der Waals surface area contributed by atoms with Gasteiger partial charge in [0.2, 0.25) is 0 Å². The number of hydrazone groups is 1. The first-order valence-corrected chi connectivity index (χ1v) is 9.47. The lowest BCUT2D eigenvalue weighted by molar-refractivity contribution is -0.123. The molecule has 3 aromatic rings. The molecule has 0 fully saturated rings. The molecule has 6 nitrogen and oxygen atoms in total. The number of ether oxygens (including phenoxy) is 1. The van der Waals surface area contributed by atoms with Gasteiger partial charge in [0.25, 0.3) is 5.91 Å². The average molecular weight is 441 g/mol. The molecule has 2 aromatic carbocycles. The van der Waals surface area contributed by atoms with Gasteiger partial charge >= 0.3 is 0 Å². The van der Waals surface area contributed by atoms with Crippen molar-refractivity contribution in [3.05, 3.63) is 77.0 Å². The molecular formula is C21H21BrN4O2. The summed E-state index contributed by atoms with van der Waals surface area (Å²) < 4.78 is 8.36. The Balaban J connectivity index is 1.57. The van der Waals surface area contributed by atoms with Crippen molar-refractivity contribution in [1.29, 1.82) is 0 Å². The second-order valence-corrected chi connectivity index (χ2v) is 7.17. The van der Waals surface area contributed by atoms with E-state index in [0.717, 1.165) is 21.5 Å². The summed E-state index contributed by atoms with van der Waals surface area (Å²) in [6.07, 6.45) is 3.56. The summed E-state index contributed by atoms with van der Waals surface area (Å²) in [6, 6.07) is 19.3. The Morgan fingerprint density at radius 1 is 1.14 bits per heavy atom. The van der Waals surface area contributed by atoms with Crippen molar-refractivity contribution < 1.29 is 9.53 Å². The van der Waals surface area contributed by atoms with Gasteiger partial charge in [0.15, 0.2) is 6.61 Å². The zero-order valence-corrected chi connectivity index (χ0v) is 17.3. The number of anilines is 1. The van der Waals surface area contributed by atoms with Crippen molar-refractivity contribution >= 4 is 33.7 Å². The number of hydrogen-bond acceptors (Lipinski definition) is 4. The molecular weight excluding hydrogens is 420 g/mol. The maximum Gasteiger partial charge on any atom is 0.277 e. The monoisotopic (exact) mass is 440 g/mol. The predicted octanol–water partition coefficient (Wildman–Crippen LogP) is 3.83. The van der Waals surface area contributed by atoms with Gasteiger partial charge in [-0.05, 0) is 60.7 Å². The van der Waals surface area contributed by atoms with Gasteiger partial charge in [-0.3, -0.25) is 4.79 Å². The maximum atomic E-state index is 11.9. The highest BCUT2D eigenvalue weighted by Gasteiger charge is 2.04. The van der Waals surface area contributed by atoms with Crippen molar-refractivity contribution in [2.24, 2.45) is 5.10 Å². The molecule has 0 saturated heterocycles. The van der Waals surface area contributed by atoms with Crippen LogP contribution in [-0.4, -0.2) is 37.4 Å². The largest absolute Gasteiger partial charge is 0.484 e. The third kappa shape index (κ3) is 5.23. The second-order valence-electron chi connectivity index (χ2n) is 6.25. The van der Waals surface area contributed by atoms with E-state index in [4.69, 9.17) is 4.74 Å². The Bertz CT molecular complexity index is 947. The fraction of sp³-hybridized carbons (Fsp3) is 0.143. The smallest absolute Gasteiger partial charge is 0.277 e. The fourth-order valence-corrected chi connectivity index (χ4v) is 2.79. The molecule has 1 heterocycles. The van der Waals surface area contributed by atoms with Crippen LogP contribution < -0.4 is 15.1 Å². The van der Waals surface area contributed by atoms with E-state index in [2.05, 4.69) is 38.6 Å². The summed E-state index contributed by atoms with van der Waals surface area (Å²) in [4.78, 5) is 13.9. The lowest BCUT2D eigenvalue weighted by atomic mass is 10.2. The molecule has 1 amide bonds. The lowest BCUT2D eigenvalue weighted by Crippen LogP contribution is -2.24. The van der Waals surface area contributed by atoms with Gasteiger partial charge in [0.05, 0.1) is 11.9 Å². The van der Waals surface area contributed by atoms with Gasteiger partial charge in [-0.1, -0.05) is 15.9 Å². The van der Waals surface area contributed by atoms with Gasteiger partial charge in [-0.2, -0.15) is 5.10 Å². The highest BCUT2D eigenvalue weighted by Crippen LogP contribution is 2.17. The van der Waals surface area contributed by atoms with Crippen LogP contribution in [0.25, 0.3) is 5.69 Å². The minimum Gasteiger partial charge on any atom is -0.484 e. The zero-order chi connectivity index (χ0) is 19.9. The van der Waals surface area contributed by atoms with Gasteiger partial charge < -0.3 is 14.2 Å². The van der Waals surface area contributed by atoms with Crippen LogP contribution in [0.3, 0.4) is 0 Å². The first kappa shape index (κ1) is 19.7. The van der Waals surface area contributed by atoms with Crippen molar-refractivity contribution in [3.63, 3.8) is 0 Å². The number of amides is 1. The van der Waals surface area contributed by atoms with Crippen molar-refractivity contribution in [1.82, 2.24) is 9.99 Å². The Hall–Kier alpha value is -3.06. The summed E-state index contributed by atoms with van der Waals surface area (Å²) in [5, 5.41) is 4.03. The predicted molar refractivity (Wildman–Crippen MR) is 115 cm³/mol. The Kier molecular flexibility index (Phi) is 6.49. The number of nitrogens with one attached hydrogen (secondary N) is 1. The molecule has 0 radical (unpaired) electrons. The molecule has 28 heavy (non-hydrogen) atoms. The van der Waals surface area contributed by atoms with Gasteiger partial charge in [0, 0.05) is 36.1 Å². The Morgan fingerprint density at radius 3 is 2.54 bits per heavy atom. The Morgan fingerprint density at radius 2 is 1.86 bits per heavy atom. The molecule has 7 heteroatoms. The second kappa shape index (κ2) is 9.23. The zero-order valence-electron chi connectivity index (χ0n) is 15.7. The van der Waals surface area contributed by atoms with Crippen molar-refractivity contribution in [2.75, 3.05) is 25.6 Å². The molecule has 0 aliphatic rings. The number of carbonyl (C=O) groups is 1. The number of halogens is 1. The quantitative estimate of drug-likeness (QED) is 0.448. The topological polar surface area (TPSA) is 58.9 Å². The van der Waals surface area contributed by atoms with Crippen LogP contribution in [0, 0.1) is 0 Å². The number of nitrogens with zero attached hydrogens (tertiary/aromatic N) is 3. The lowest BCUT2D eigenvalue weighted by Gasteiger charge is -2.13. The van der Waals surface area contributed by atoms with Gasteiger partial charge in [-0.15, -0.1) is 0 Å². The fourth-order valence-electron chi connectivity index (χ4n) is 2.53.